The van der Waals surface area contributed by atoms with E-state index in [0.29, 0.717) is 23.0 Å². The van der Waals surface area contributed by atoms with Gasteiger partial charge in [0.05, 0.1) is 10.3 Å². The van der Waals surface area contributed by atoms with Crippen LogP contribution in [0.5, 0.6) is 0 Å². The van der Waals surface area contributed by atoms with E-state index in [1.807, 2.05) is 30.1 Å². The fourth-order valence-electron chi connectivity index (χ4n) is 4.50. The average Bonchev–Trinajstić information content (AvgIpc) is 3.38. The van der Waals surface area contributed by atoms with Crippen LogP contribution >= 0.6 is 11.6 Å². The molecule has 0 bridgehead atoms. The molecular formula is C23H26ClN3O3S. The SMILES string of the molecule is CN1CCC/C1=N\S(=O)(=O)c1cccc(NC(=O)C2(c3cccc(Cl)c3)CCCC2)c1. The molecule has 164 valence electrons. The Labute approximate surface area is 188 Å². The van der Waals surface area contributed by atoms with Crippen LogP contribution in [0.3, 0.4) is 0 Å². The smallest absolute Gasteiger partial charge is 0.284 e. The molecule has 1 heterocycles. The highest BCUT2D eigenvalue weighted by Gasteiger charge is 2.42. The van der Waals surface area contributed by atoms with Gasteiger partial charge in [0.1, 0.15) is 5.84 Å². The molecule has 1 saturated heterocycles. The lowest BCUT2D eigenvalue weighted by molar-refractivity contribution is -0.121. The van der Waals surface area contributed by atoms with Crippen LogP contribution < -0.4 is 5.32 Å². The Morgan fingerprint density at radius 3 is 2.52 bits per heavy atom. The standard InChI is InChI=1S/C23H26ClN3O3S/c1-27-14-6-11-21(27)26-31(29,30)20-10-5-9-19(16-20)25-22(28)23(12-2-3-13-23)17-7-4-8-18(24)15-17/h4-5,7-10,15-16H,2-3,6,11-14H2,1H3,(H,25,28)/b26-21+. The highest BCUT2D eigenvalue weighted by Crippen LogP contribution is 2.42. The molecular weight excluding hydrogens is 434 g/mol. The molecule has 0 spiro atoms. The van der Waals surface area contributed by atoms with E-state index >= 15 is 0 Å². The van der Waals surface area contributed by atoms with Crippen LogP contribution in [0.25, 0.3) is 0 Å². The topological polar surface area (TPSA) is 78.8 Å². The summed E-state index contributed by atoms with van der Waals surface area (Å²) in [6, 6.07) is 13.8. The van der Waals surface area contributed by atoms with Crippen LogP contribution in [0.2, 0.25) is 5.02 Å². The second-order valence-electron chi connectivity index (χ2n) is 8.29. The zero-order valence-electron chi connectivity index (χ0n) is 17.5. The molecule has 1 N–H and O–H groups in total. The Balaban J connectivity index is 1.60. The van der Waals surface area contributed by atoms with Crippen molar-refractivity contribution in [2.24, 2.45) is 4.40 Å². The van der Waals surface area contributed by atoms with Gasteiger partial charge in [-0.3, -0.25) is 4.79 Å². The number of halogens is 1. The third kappa shape index (κ3) is 4.48. The Hall–Kier alpha value is -2.38. The number of nitrogens with zero attached hydrogens (tertiary/aromatic N) is 2. The molecule has 1 aliphatic heterocycles. The Kier molecular flexibility index (Phi) is 6.08. The summed E-state index contributed by atoms with van der Waals surface area (Å²) in [6.07, 6.45) is 4.92. The predicted molar refractivity (Wildman–Crippen MR) is 123 cm³/mol. The summed E-state index contributed by atoms with van der Waals surface area (Å²) in [7, 11) is -2.01. The lowest BCUT2D eigenvalue weighted by Crippen LogP contribution is -2.38. The first kappa shape index (κ1) is 21.8. The van der Waals surface area contributed by atoms with Crippen molar-refractivity contribution in [3.05, 3.63) is 59.1 Å². The van der Waals surface area contributed by atoms with Crippen LogP contribution in [0.15, 0.2) is 57.8 Å². The molecule has 6 nitrogen and oxygen atoms in total. The Morgan fingerprint density at radius 2 is 1.84 bits per heavy atom. The maximum Gasteiger partial charge on any atom is 0.284 e. The number of amides is 1. The van der Waals surface area contributed by atoms with Crippen molar-refractivity contribution in [1.82, 2.24) is 4.90 Å². The van der Waals surface area contributed by atoms with Gasteiger partial charge < -0.3 is 10.2 Å². The number of rotatable bonds is 5. The van der Waals surface area contributed by atoms with Gasteiger partial charge in [0.15, 0.2) is 0 Å². The molecule has 0 unspecified atom stereocenters. The fourth-order valence-corrected chi connectivity index (χ4v) is 5.83. The van der Waals surface area contributed by atoms with Gasteiger partial charge in [-0.25, -0.2) is 0 Å². The first-order chi connectivity index (χ1) is 14.8. The van der Waals surface area contributed by atoms with Gasteiger partial charge >= 0.3 is 0 Å². The molecule has 31 heavy (non-hydrogen) atoms. The summed E-state index contributed by atoms with van der Waals surface area (Å²) in [5.74, 6) is 0.434. The predicted octanol–water partition coefficient (Wildman–Crippen LogP) is 4.60. The van der Waals surface area contributed by atoms with Gasteiger partial charge in [-0.2, -0.15) is 8.42 Å². The van der Waals surface area contributed by atoms with E-state index in [1.54, 1.807) is 18.2 Å². The number of anilines is 1. The highest BCUT2D eigenvalue weighted by atomic mass is 35.5. The van der Waals surface area contributed by atoms with Gasteiger partial charge in [0, 0.05) is 30.7 Å². The lowest BCUT2D eigenvalue weighted by Gasteiger charge is -2.28. The molecule has 1 aliphatic carbocycles. The van der Waals surface area contributed by atoms with E-state index in [2.05, 4.69) is 9.71 Å². The number of hydrogen-bond acceptors (Lipinski definition) is 3. The molecule has 2 aliphatic rings. The summed E-state index contributed by atoms with van der Waals surface area (Å²) >= 11 is 6.19. The van der Waals surface area contributed by atoms with E-state index in [-0.39, 0.29) is 10.8 Å². The van der Waals surface area contributed by atoms with E-state index in [9.17, 15) is 13.2 Å². The number of carbonyl (C=O) groups is 1. The maximum atomic E-state index is 13.4. The summed E-state index contributed by atoms with van der Waals surface area (Å²) in [6.45, 7) is 0.802. The van der Waals surface area contributed by atoms with E-state index in [4.69, 9.17) is 11.6 Å². The van der Waals surface area contributed by atoms with Crippen molar-refractivity contribution in [2.45, 2.75) is 48.8 Å². The van der Waals surface area contributed by atoms with Gasteiger partial charge in [-0.15, -0.1) is 4.40 Å². The number of benzene rings is 2. The molecule has 2 fully saturated rings. The van der Waals surface area contributed by atoms with E-state index < -0.39 is 15.4 Å². The van der Waals surface area contributed by atoms with Crippen molar-refractivity contribution in [3.63, 3.8) is 0 Å². The number of carbonyl (C=O) groups excluding carboxylic acids is 1. The Bertz CT molecular complexity index is 1120. The molecule has 0 radical (unpaired) electrons. The first-order valence-electron chi connectivity index (χ1n) is 10.5. The quantitative estimate of drug-likeness (QED) is 0.708. The third-order valence-corrected chi connectivity index (χ3v) is 7.75. The molecule has 0 aromatic heterocycles. The molecule has 4 rings (SSSR count). The number of sulfonamides is 1. The highest BCUT2D eigenvalue weighted by molar-refractivity contribution is 7.90. The molecule has 1 saturated carbocycles. The van der Waals surface area contributed by atoms with E-state index in [0.717, 1.165) is 44.2 Å². The van der Waals surface area contributed by atoms with Crippen LogP contribution in [-0.4, -0.2) is 38.7 Å². The monoisotopic (exact) mass is 459 g/mol. The first-order valence-corrected chi connectivity index (χ1v) is 12.3. The maximum absolute atomic E-state index is 13.4. The molecule has 2 aromatic carbocycles. The van der Waals surface area contributed by atoms with Crippen LogP contribution in [-0.2, 0) is 20.2 Å². The minimum Gasteiger partial charge on any atom is -0.362 e. The lowest BCUT2D eigenvalue weighted by atomic mass is 9.78. The molecule has 2 aromatic rings. The van der Waals surface area contributed by atoms with Gasteiger partial charge in [0.25, 0.3) is 10.0 Å². The van der Waals surface area contributed by atoms with Crippen molar-refractivity contribution in [1.29, 1.82) is 0 Å². The van der Waals surface area contributed by atoms with Gasteiger partial charge in [-0.05, 0) is 55.2 Å². The second kappa shape index (κ2) is 8.63. The summed E-state index contributed by atoms with van der Waals surface area (Å²) in [4.78, 5) is 15.3. The Morgan fingerprint density at radius 1 is 1.10 bits per heavy atom. The minimum absolute atomic E-state index is 0.0707. The molecule has 0 atom stereocenters. The van der Waals surface area contributed by atoms with Crippen molar-refractivity contribution in [2.75, 3.05) is 18.9 Å². The molecule has 1 amide bonds. The zero-order chi connectivity index (χ0) is 22.1. The summed E-state index contributed by atoms with van der Waals surface area (Å²) in [5.41, 5.74) is 0.681. The second-order valence-corrected chi connectivity index (χ2v) is 10.3. The normalized spacial score (nSPS) is 19.7. The van der Waals surface area contributed by atoms with Crippen molar-refractivity contribution in [3.8, 4) is 0 Å². The number of likely N-dealkylation sites (tertiary alicyclic amines) is 1. The number of amidine groups is 1. The van der Waals surface area contributed by atoms with Crippen molar-refractivity contribution < 1.29 is 13.2 Å². The number of nitrogens with one attached hydrogen (secondary N) is 1. The minimum atomic E-state index is -3.85. The summed E-state index contributed by atoms with van der Waals surface area (Å²) in [5, 5.41) is 3.55. The average molecular weight is 460 g/mol. The van der Waals surface area contributed by atoms with E-state index in [1.165, 1.54) is 12.1 Å². The van der Waals surface area contributed by atoms with Crippen molar-refractivity contribution >= 4 is 39.1 Å². The van der Waals surface area contributed by atoms with Gasteiger partial charge in [-0.1, -0.05) is 42.6 Å². The summed E-state index contributed by atoms with van der Waals surface area (Å²) < 4.78 is 29.6. The van der Waals surface area contributed by atoms with Crippen LogP contribution in [0.4, 0.5) is 5.69 Å². The molecule has 8 heteroatoms. The fraction of sp³-hybridized carbons (Fsp3) is 0.391. The van der Waals surface area contributed by atoms with Gasteiger partial charge in [0.2, 0.25) is 5.91 Å². The van der Waals surface area contributed by atoms with Crippen LogP contribution in [0, 0.1) is 0 Å². The van der Waals surface area contributed by atoms with Crippen LogP contribution in [0.1, 0.15) is 44.1 Å². The zero-order valence-corrected chi connectivity index (χ0v) is 19.0. The third-order valence-electron chi connectivity index (χ3n) is 6.22. The number of hydrogen-bond donors (Lipinski definition) is 1. The largest absolute Gasteiger partial charge is 0.362 e.